The van der Waals surface area contributed by atoms with Gasteiger partial charge in [-0.3, -0.25) is 4.79 Å². The highest BCUT2D eigenvalue weighted by Crippen LogP contribution is 2.29. The molecule has 0 radical (unpaired) electrons. The lowest BCUT2D eigenvalue weighted by Crippen LogP contribution is -2.52. The average Bonchev–Trinajstić information content (AvgIpc) is 2.35. The Kier molecular flexibility index (Phi) is 6.30. The summed E-state index contributed by atoms with van der Waals surface area (Å²) in [6, 6.07) is -0.210. The van der Waals surface area contributed by atoms with E-state index in [0.29, 0.717) is 18.4 Å². The molecule has 0 aliphatic heterocycles. The van der Waals surface area contributed by atoms with Crippen LogP contribution in [-0.2, 0) is 4.79 Å². The minimum atomic E-state index is -0.872. The molecule has 5 heteroatoms. The molecule has 0 heterocycles. The molecule has 116 valence electrons. The van der Waals surface area contributed by atoms with Gasteiger partial charge in [0.2, 0.25) is 0 Å². The first kappa shape index (κ1) is 16.8. The van der Waals surface area contributed by atoms with Crippen molar-refractivity contribution in [3.63, 3.8) is 0 Å². The van der Waals surface area contributed by atoms with E-state index in [2.05, 4.69) is 19.2 Å². The van der Waals surface area contributed by atoms with Crippen molar-refractivity contribution in [3.05, 3.63) is 0 Å². The summed E-state index contributed by atoms with van der Waals surface area (Å²) in [4.78, 5) is 24.7. The van der Waals surface area contributed by atoms with E-state index in [0.717, 1.165) is 12.8 Å². The smallest absolute Gasteiger partial charge is 0.317 e. The van der Waals surface area contributed by atoms with E-state index in [4.69, 9.17) is 5.11 Å². The van der Waals surface area contributed by atoms with Crippen molar-refractivity contribution >= 4 is 12.0 Å². The maximum atomic E-state index is 12.3. The summed E-state index contributed by atoms with van der Waals surface area (Å²) in [6.45, 7) is 8.60. The van der Waals surface area contributed by atoms with Crippen molar-refractivity contribution in [1.82, 2.24) is 10.2 Å². The first-order chi connectivity index (χ1) is 9.36. The molecule has 1 fully saturated rings. The SMILES string of the molecule is CCN(C(=O)NC1CCCC(C)C1C)C(C)CC(=O)O. The minimum Gasteiger partial charge on any atom is -0.481 e. The molecule has 0 aromatic carbocycles. The van der Waals surface area contributed by atoms with Crippen molar-refractivity contribution in [2.75, 3.05) is 6.54 Å². The van der Waals surface area contributed by atoms with Gasteiger partial charge in [-0.05, 0) is 32.1 Å². The Labute approximate surface area is 121 Å². The molecule has 1 saturated carbocycles. The van der Waals surface area contributed by atoms with Gasteiger partial charge in [0.15, 0.2) is 0 Å². The first-order valence-corrected chi connectivity index (χ1v) is 7.65. The molecule has 0 aromatic rings. The van der Waals surface area contributed by atoms with Crippen molar-refractivity contribution in [3.8, 4) is 0 Å². The highest BCUT2D eigenvalue weighted by Gasteiger charge is 2.30. The third kappa shape index (κ3) is 4.39. The van der Waals surface area contributed by atoms with Gasteiger partial charge in [0, 0.05) is 18.6 Å². The monoisotopic (exact) mass is 284 g/mol. The summed E-state index contributed by atoms with van der Waals surface area (Å²) in [6.07, 6.45) is 3.37. The Morgan fingerprint density at radius 2 is 2.00 bits per heavy atom. The fourth-order valence-corrected chi connectivity index (χ4v) is 3.05. The Balaban J connectivity index is 2.60. The van der Waals surface area contributed by atoms with Crippen molar-refractivity contribution in [2.45, 2.75) is 65.5 Å². The van der Waals surface area contributed by atoms with Gasteiger partial charge in [-0.1, -0.05) is 26.7 Å². The topological polar surface area (TPSA) is 69.6 Å². The number of hydrogen-bond donors (Lipinski definition) is 2. The largest absolute Gasteiger partial charge is 0.481 e. The molecular weight excluding hydrogens is 256 g/mol. The molecule has 0 spiro atoms. The Hall–Kier alpha value is -1.26. The van der Waals surface area contributed by atoms with Gasteiger partial charge < -0.3 is 15.3 Å². The number of urea groups is 1. The molecule has 4 atom stereocenters. The molecule has 4 unspecified atom stereocenters. The van der Waals surface area contributed by atoms with E-state index in [1.54, 1.807) is 11.8 Å². The third-order valence-electron chi connectivity index (χ3n) is 4.62. The lowest BCUT2D eigenvalue weighted by Gasteiger charge is -2.37. The predicted molar refractivity (Wildman–Crippen MR) is 78.6 cm³/mol. The number of rotatable bonds is 5. The van der Waals surface area contributed by atoms with Gasteiger partial charge in [0.05, 0.1) is 6.42 Å². The van der Waals surface area contributed by atoms with E-state index >= 15 is 0 Å². The molecule has 2 N–H and O–H groups in total. The van der Waals surface area contributed by atoms with Crippen LogP contribution in [0.4, 0.5) is 4.79 Å². The van der Waals surface area contributed by atoms with Crippen LogP contribution in [0.25, 0.3) is 0 Å². The Morgan fingerprint density at radius 3 is 2.55 bits per heavy atom. The molecule has 1 rings (SSSR count). The number of amides is 2. The number of nitrogens with one attached hydrogen (secondary N) is 1. The summed E-state index contributed by atoms with van der Waals surface area (Å²) in [5.41, 5.74) is 0. The minimum absolute atomic E-state index is 0.0160. The van der Waals surface area contributed by atoms with Crippen LogP contribution in [0.2, 0.25) is 0 Å². The second-order valence-electron chi connectivity index (χ2n) is 6.06. The van der Waals surface area contributed by atoms with Gasteiger partial charge in [-0.2, -0.15) is 0 Å². The number of carboxylic acid groups (broad SMARTS) is 1. The van der Waals surface area contributed by atoms with Gasteiger partial charge in [0.25, 0.3) is 0 Å². The predicted octanol–water partition coefficient (Wildman–Crippen LogP) is 2.71. The Morgan fingerprint density at radius 1 is 1.35 bits per heavy atom. The number of carboxylic acids is 1. The van der Waals surface area contributed by atoms with Crippen LogP contribution in [0.1, 0.15) is 53.4 Å². The van der Waals surface area contributed by atoms with Gasteiger partial charge in [0.1, 0.15) is 0 Å². The summed E-state index contributed by atoms with van der Waals surface area (Å²) in [5, 5.41) is 11.9. The van der Waals surface area contributed by atoms with Crippen LogP contribution in [0, 0.1) is 11.8 Å². The number of aliphatic carboxylic acids is 1. The number of nitrogens with zero attached hydrogens (tertiary/aromatic N) is 1. The van der Waals surface area contributed by atoms with Crippen LogP contribution in [0.15, 0.2) is 0 Å². The van der Waals surface area contributed by atoms with Crippen molar-refractivity contribution in [2.24, 2.45) is 11.8 Å². The van der Waals surface area contributed by atoms with Crippen LogP contribution in [-0.4, -0.2) is 40.6 Å². The molecule has 20 heavy (non-hydrogen) atoms. The number of carbonyl (C=O) groups excluding carboxylic acids is 1. The van der Waals surface area contributed by atoms with E-state index < -0.39 is 5.97 Å². The lowest BCUT2D eigenvalue weighted by atomic mass is 9.78. The second-order valence-corrected chi connectivity index (χ2v) is 6.06. The lowest BCUT2D eigenvalue weighted by molar-refractivity contribution is -0.138. The molecule has 0 saturated heterocycles. The zero-order valence-electron chi connectivity index (χ0n) is 13.1. The summed E-state index contributed by atoms with van der Waals surface area (Å²) in [7, 11) is 0. The maximum absolute atomic E-state index is 12.3. The maximum Gasteiger partial charge on any atom is 0.317 e. The average molecular weight is 284 g/mol. The molecule has 1 aliphatic rings. The highest BCUT2D eigenvalue weighted by atomic mass is 16.4. The second kappa shape index (κ2) is 7.50. The highest BCUT2D eigenvalue weighted by molar-refractivity contribution is 5.76. The van der Waals surface area contributed by atoms with E-state index in [1.807, 2.05) is 6.92 Å². The van der Waals surface area contributed by atoms with Crippen LogP contribution < -0.4 is 5.32 Å². The molecule has 0 aromatic heterocycles. The van der Waals surface area contributed by atoms with Gasteiger partial charge >= 0.3 is 12.0 Å². The van der Waals surface area contributed by atoms with E-state index in [9.17, 15) is 9.59 Å². The summed E-state index contributed by atoms with van der Waals surface area (Å²) >= 11 is 0. The first-order valence-electron chi connectivity index (χ1n) is 7.65. The van der Waals surface area contributed by atoms with Crippen molar-refractivity contribution < 1.29 is 14.7 Å². The van der Waals surface area contributed by atoms with E-state index in [1.165, 1.54) is 6.42 Å². The Bertz CT molecular complexity index is 346. The standard InChI is InChI=1S/C15H28N2O3/c1-5-17(11(3)9-14(18)19)15(20)16-13-8-6-7-10(2)12(13)4/h10-13H,5-9H2,1-4H3,(H,16,20)(H,18,19). The number of carbonyl (C=O) groups is 2. The molecule has 2 amide bonds. The zero-order chi connectivity index (χ0) is 15.3. The zero-order valence-corrected chi connectivity index (χ0v) is 13.1. The van der Waals surface area contributed by atoms with Crippen LogP contribution in [0.3, 0.4) is 0 Å². The van der Waals surface area contributed by atoms with Gasteiger partial charge in [-0.15, -0.1) is 0 Å². The van der Waals surface area contributed by atoms with E-state index in [-0.39, 0.29) is 24.5 Å². The third-order valence-corrected chi connectivity index (χ3v) is 4.62. The fourth-order valence-electron chi connectivity index (χ4n) is 3.05. The summed E-state index contributed by atoms with van der Waals surface area (Å²) in [5.74, 6) is 0.227. The number of hydrogen-bond acceptors (Lipinski definition) is 2. The normalized spacial score (nSPS) is 27.7. The molecule has 0 bridgehead atoms. The summed E-state index contributed by atoms with van der Waals surface area (Å²) < 4.78 is 0. The fraction of sp³-hybridized carbons (Fsp3) is 0.867. The van der Waals surface area contributed by atoms with Crippen LogP contribution in [0.5, 0.6) is 0 Å². The van der Waals surface area contributed by atoms with Crippen LogP contribution >= 0.6 is 0 Å². The van der Waals surface area contributed by atoms with Crippen molar-refractivity contribution in [1.29, 1.82) is 0 Å². The van der Waals surface area contributed by atoms with Gasteiger partial charge in [-0.25, -0.2) is 4.79 Å². The molecular formula is C15H28N2O3. The quantitative estimate of drug-likeness (QED) is 0.815. The molecule has 5 nitrogen and oxygen atoms in total. The molecule has 1 aliphatic carbocycles.